The van der Waals surface area contributed by atoms with Crippen LogP contribution >= 0.6 is 0 Å². The van der Waals surface area contributed by atoms with E-state index in [9.17, 15) is 13.2 Å². The molecule has 0 aliphatic rings. The van der Waals surface area contributed by atoms with Crippen molar-refractivity contribution in [2.45, 2.75) is 9.92 Å². The highest BCUT2D eigenvalue weighted by molar-refractivity contribution is 7.91. The summed E-state index contributed by atoms with van der Waals surface area (Å²) in [5.74, 6) is 0.0196. The number of hydrogen-bond donors (Lipinski definition) is 1. The number of ether oxygens (including phenoxy) is 1. The first-order valence-corrected chi connectivity index (χ1v) is 8.35. The third-order valence-corrected chi connectivity index (χ3v) is 4.69. The van der Waals surface area contributed by atoms with Crippen LogP contribution in [0.2, 0.25) is 0 Å². The highest BCUT2D eigenvalue weighted by Gasteiger charge is 2.19. The number of nitrogens with zero attached hydrogens (tertiary/aromatic N) is 1. The van der Waals surface area contributed by atoms with Crippen LogP contribution in [0.15, 0.2) is 65.2 Å². The molecule has 0 spiro atoms. The average Bonchev–Trinajstić information content (AvgIpc) is 2.62. The van der Waals surface area contributed by atoms with Crippen LogP contribution in [0.3, 0.4) is 0 Å². The molecule has 0 aliphatic carbocycles. The van der Waals surface area contributed by atoms with Gasteiger partial charge in [-0.25, -0.2) is 18.9 Å². The molecule has 1 amide bonds. The van der Waals surface area contributed by atoms with E-state index in [-0.39, 0.29) is 22.1 Å². The Morgan fingerprint density at radius 2 is 1.96 bits per heavy atom. The van der Waals surface area contributed by atoms with Gasteiger partial charge in [0.25, 0.3) is 5.91 Å². The van der Waals surface area contributed by atoms with E-state index in [1.165, 1.54) is 43.6 Å². The van der Waals surface area contributed by atoms with Gasteiger partial charge in [0.15, 0.2) is 5.03 Å². The van der Waals surface area contributed by atoms with Crippen LogP contribution in [0.1, 0.15) is 10.4 Å². The van der Waals surface area contributed by atoms with E-state index in [1.807, 2.05) is 0 Å². The summed E-state index contributed by atoms with van der Waals surface area (Å²) in [7, 11) is -2.28. The molecule has 8 heteroatoms. The zero-order chi connectivity index (χ0) is 17.6. The van der Waals surface area contributed by atoms with Crippen molar-refractivity contribution in [1.82, 2.24) is 10.5 Å². The number of rotatable bonds is 7. The number of benzene rings is 1. The first-order valence-electron chi connectivity index (χ1n) is 6.87. The lowest BCUT2D eigenvalue weighted by Crippen LogP contribution is -2.24. The standard InChI is InChI=1S/C16H16N2O5S/c1-3-10-23-18-16(19)12-4-9-15(17-11-12)24(20,21)14-7-5-13(22-2)6-8-14/h3-9,11H,1,10H2,2H3,(H,18,19). The van der Waals surface area contributed by atoms with E-state index in [2.05, 4.69) is 17.0 Å². The molecule has 126 valence electrons. The highest BCUT2D eigenvalue weighted by atomic mass is 32.2. The van der Waals surface area contributed by atoms with Gasteiger partial charge in [0.1, 0.15) is 5.75 Å². The number of amides is 1. The maximum Gasteiger partial charge on any atom is 0.276 e. The summed E-state index contributed by atoms with van der Waals surface area (Å²) in [5, 5.41) is -0.156. The third kappa shape index (κ3) is 3.98. The largest absolute Gasteiger partial charge is 0.497 e. The van der Waals surface area contributed by atoms with Crippen LogP contribution in [0.5, 0.6) is 5.75 Å². The molecule has 7 nitrogen and oxygen atoms in total. The smallest absolute Gasteiger partial charge is 0.276 e. The fourth-order valence-corrected chi connectivity index (χ4v) is 2.95. The van der Waals surface area contributed by atoms with E-state index in [4.69, 9.17) is 9.57 Å². The minimum absolute atomic E-state index is 0.0855. The van der Waals surface area contributed by atoms with Gasteiger partial charge < -0.3 is 4.74 Å². The SMILES string of the molecule is C=CCONC(=O)c1ccc(S(=O)(=O)c2ccc(OC)cc2)nc1. The highest BCUT2D eigenvalue weighted by Crippen LogP contribution is 2.21. The van der Waals surface area contributed by atoms with Crippen LogP contribution in [-0.4, -0.2) is 33.0 Å². The maximum atomic E-state index is 12.5. The molecule has 1 aromatic heterocycles. The number of methoxy groups -OCH3 is 1. The average molecular weight is 348 g/mol. The normalized spacial score (nSPS) is 10.9. The Hall–Kier alpha value is -2.71. The summed E-state index contributed by atoms with van der Waals surface area (Å²) < 4.78 is 30.0. The third-order valence-electron chi connectivity index (χ3n) is 3.01. The Morgan fingerprint density at radius 1 is 1.25 bits per heavy atom. The molecule has 0 unspecified atom stereocenters. The van der Waals surface area contributed by atoms with Gasteiger partial charge in [0.2, 0.25) is 9.84 Å². The van der Waals surface area contributed by atoms with Crippen molar-refractivity contribution < 1.29 is 22.8 Å². The second-order valence-electron chi connectivity index (χ2n) is 4.59. The Bertz CT molecular complexity index is 815. The quantitative estimate of drug-likeness (QED) is 0.465. The number of sulfone groups is 1. The Kier molecular flexibility index (Phi) is 5.67. The second-order valence-corrected chi connectivity index (χ2v) is 6.49. The molecule has 0 atom stereocenters. The Labute approximate surface area is 139 Å². The van der Waals surface area contributed by atoms with Crippen LogP contribution < -0.4 is 10.2 Å². The number of nitrogens with one attached hydrogen (secondary N) is 1. The number of hydrogen-bond acceptors (Lipinski definition) is 6. The molecule has 1 N–H and O–H groups in total. The summed E-state index contributed by atoms with van der Waals surface area (Å²) in [4.78, 5) is 20.5. The number of hydroxylamine groups is 1. The molecule has 1 heterocycles. The van der Waals surface area contributed by atoms with Crippen LogP contribution in [0, 0.1) is 0 Å². The Balaban J connectivity index is 2.19. The van der Waals surface area contributed by atoms with Crippen LogP contribution in [0.4, 0.5) is 0 Å². The molecule has 0 radical (unpaired) electrons. The summed E-state index contributed by atoms with van der Waals surface area (Å²) in [6, 6.07) is 8.58. The lowest BCUT2D eigenvalue weighted by atomic mass is 10.3. The van der Waals surface area contributed by atoms with Crippen molar-refractivity contribution in [3.63, 3.8) is 0 Å². The molecular formula is C16H16N2O5S. The molecule has 2 rings (SSSR count). The Morgan fingerprint density at radius 3 is 2.50 bits per heavy atom. The lowest BCUT2D eigenvalue weighted by Gasteiger charge is -2.07. The molecule has 2 aromatic rings. The van der Waals surface area contributed by atoms with Gasteiger partial charge in [-0.2, -0.15) is 0 Å². The van der Waals surface area contributed by atoms with Crippen LogP contribution in [-0.2, 0) is 14.7 Å². The topological polar surface area (TPSA) is 94.6 Å². The predicted molar refractivity (Wildman–Crippen MR) is 86.3 cm³/mol. The van der Waals surface area contributed by atoms with Gasteiger partial charge >= 0.3 is 0 Å². The van der Waals surface area contributed by atoms with E-state index in [0.29, 0.717) is 5.75 Å². The van der Waals surface area contributed by atoms with Gasteiger partial charge in [0, 0.05) is 6.20 Å². The monoisotopic (exact) mass is 348 g/mol. The van der Waals surface area contributed by atoms with Crippen molar-refractivity contribution in [3.05, 3.63) is 60.8 Å². The molecular weight excluding hydrogens is 332 g/mol. The molecule has 0 aliphatic heterocycles. The molecule has 0 fully saturated rings. The molecule has 0 saturated heterocycles. The van der Waals surface area contributed by atoms with Gasteiger partial charge in [-0.05, 0) is 36.4 Å². The summed E-state index contributed by atoms with van der Waals surface area (Å²) >= 11 is 0. The number of carbonyl (C=O) groups excluding carboxylic acids is 1. The number of aromatic nitrogens is 1. The van der Waals surface area contributed by atoms with Gasteiger partial charge in [0.05, 0.1) is 24.2 Å². The van der Waals surface area contributed by atoms with Crippen molar-refractivity contribution in [2.24, 2.45) is 0 Å². The molecule has 0 saturated carbocycles. The van der Waals surface area contributed by atoms with E-state index in [1.54, 1.807) is 12.1 Å². The summed E-state index contributed by atoms with van der Waals surface area (Å²) in [6.07, 6.45) is 2.64. The second kappa shape index (κ2) is 7.71. The van der Waals surface area contributed by atoms with E-state index < -0.39 is 15.7 Å². The zero-order valence-electron chi connectivity index (χ0n) is 12.9. The zero-order valence-corrected chi connectivity index (χ0v) is 13.7. The minimum Gasteiger partial charge on any atom is -0.497 e. The number of carbonyl (C=O) groups is 1. The minimum atomic E-state index is -3.77. The summed E-state index contributed by atoms with van der Waals surface area (Å²) in [6.45, 7) is 3.60. The van der Waals surface area contributed by atoms with Gasteiger partial charge in [-0.1, -0.05) is 6.08 Å². The van der Waals surface area contributed by atoms with E-state index in [0.717, 1.165) is 0 Å². The fourth-order valence-electron chi connectivity index (χ4n) is 1.77. The van der Waals surface area contributed by atoms with Crippen molar-refractivity contribution in [3.8, 4) is 5.75 Å². The van der Waals surface area contributed by atoms with Gasteiger partial charge in [-0.3, -0.25) is 9.63 Å². The molecule has 24 heavy (non-hydrogen) atoms. The first kappa shape index (κ1) is 17.6. The van der Waals surface area contributed by atoms with Crippen molar-refractivity contribution in [2.75, 3.05) is 13.7 Å². The van der Waals surface area contributed by atoms with Crippen molar-refractivity contribution in [1.29, 1.82) is 0 Å². The first-order chi connectivity index (χ1) is 11.5. The maximum absolute atomic E-state index is 12.5. The fraction of sp³-hybridized carbons (Fsp3) is 0.125. The van der Waals surface area contributed by atoms with Gasteiger partial charge in [-0.15, -0.1) is 6.58 Å². The lowest BCUT2D eigenvalue weighted by molar-refractivity contribution is 0.0421. The van der Waals surface area contributed by atoms with Crippen LogP contribution in [0.25, 0.3) is 0 Å². The van der Waals surface area contributed by atoms with Crippen molar-refractivity contribution >= 4 is 15.7 Å². The predicted octanol–water partition coefficient (Wildman–Crippen LogP) is 1.77. The van der Waals surface area contributed by atoms with E-state index >= 15 is 0 Å². The summed E-state index contributed by atoms with van der Waals surface area (Å²) in [5.41, 5.74) is 2.36. The molecule has 1 aromatic carbocycles. The number of pyridine rings is 1. The molecule has 0 bridgehead atoms.